The van der Waals surface area contributed by atoms with Crippen LogP contribution in [-0.2, 0) is 4.74 Å². The van der Waals surface area contributed by atoms with Gasteiger partial charge >= 0.3 is 6.18 Å². The van der Waals surface area contributed by atoms with Gasteiger partial charge < -0.3 is 14.8 Å². The quantitative estimate of drug-likeness (QED) is 0.905. The molecular formula is C14H19F3N2O2. The first-order chi connectivity index (χ1) is 9.96. The number of pyridine rings is 1. The fraction of sp³-hybridized carbons (Fsp3) is 0.643. The maximum Gasteiger partial charge on any atom is 0.422 e. The molecule has 1 heterocycles. The molecule has 1 aliphatic carbocycles. The highest BCUT2D eigenvalue weighted by atomic mass is 19.4. The molecular weight excluding hydrogens is 285 g/mol. The van der Waals surface area contributed by atoms with E-state index >= 15 is 0 Å². The Bertz CT molecular complexity index is 437. The molecule has 0 radical (unpaired) electrons. The summed E-state index contributed by atoms with van der Waals surface area (Å²) in [5.41, 5.74) is 0.774. The first-order valence-electron chi connectivity index (χ1n) is 6.91. The molecule has 4 nitrogen and oxygen atoms in total. The van der Waals surface area contributed by atoms with Gasteiger partial charge in [-0.1, -0.05) is 0 Å². The van der Waals surface area contributed by atoms with Gasteiger partial charge in [0.15, 0.2) is 6.61 Å². The number of methoxy groups -OCH3 is 1. The van der Waals surface area contributed by atoms with Crippen LogP contribution in [0.15, 0.2) is 18.3 Å². The average Bonchev–Trinajstić information content (AvgIpc) is 2.46. The van der Waals surface area contributed by atoms with Crippen LogP contribution in [-0.4, -0.2) is 37.0 Å². The summed E-state index contributed by atoms with van der Waals surface area (Å²) >= 11 is 0. The van der Waals surface area contributed by atoms with Crippen LogP contribution < -0.4 is 10.1 Å². The van der Waals surface area contributed by atoms with Crippen molar-refractivity contribution in [3.8, 4) is 5.88 Å². The summed E-state index contributed by atoms with van der Waals surface area (Å²) in [4.78, 5) is 3.87. The summed E-state index contributed by atoms with van der Waals surface area (Å²) in [5.74, 6) is -0.0312. The van der Waals surface area contributed by atoms with Crippen LogP contribution in [0.2, 0.25) is 0 Å². The van der Waals surface area contributed by atoms with Crippen molar-refractivity contribution in [2.24, 2.45) is 0 Å². The van der Waals surface area contributed by atoms with E-state index < -0.39 is 12.8 Å². The summed E-state index contributed by atoms with van der Waals surface area (Å²) in [7, 11) is 1.71. The molecule has 0 aliphatic heterocycles. The van der Waals surface area contributed by atoms with E-state index in [1.807, 2.05) is 0 Å². The monoisotopic (exact) mass is 304 g/mol. The Morgan fingerprint density at radius 3 is 2.76 bits per heavy atom. The normalized spacial score (nSPS) is 22.9. The van der Waals surface area contributed by atoms with Crippen molar-refractivity contribution in [2.75, 3.05) is 19.0 Å². The standard InChI is InChI=1S/C14H19F3N2O2/c1-20-12-4-2-3-10(7-12)19-11-5-6-13(18-8-11)21-9-14(15,16)17/h5-6,8,10,12,19H,2-4,7,9H2,1H3. The van der Waals surface area contributed by atoms with Gasteiger partial charge in [0.25, 0.3) is 0 Å². The van der Waals surface area contributed by atoms with E-state index in [2.05, 4.69) is 15.0 Å². The second kappa shape index (κ2) is 6.98. The highest BCUT2D eigenvalue weighted by molar-refractivity contribution is 5.43. The number of ether oxygens (including phenoxy) is 2. The van der Waals surface area contributed by atoms with Gasteiger partial charge in [0.1, 0.15) is 0 Å². The van der Waals surface area contributed by atoms with E-state index in [4.69, 9.17) is 4.74 Å². The first-order valence-corrected chi connectivity index (χ1v) is 6.91. The van der Waals surface area contributed by atoms with E-state index in [0.29, 0.717) is 6.04 Å². The maximum atomic E-state index is 12.0. The number of alkyl halides is 3. The van der Waals surface area contributed by atoms with E-state index in [-0.39, 0.29) is 12.0 Å². The minimum absolute atomic E-state index is 0.0312. The maximum absolute atomic E-state index is 12.0. The number of halogens is 3. The summed E-state index contributed by atoms with van der Waals surface area (Å²) in [6.07, 6.45) is 1.53. The van der Waals surface area contributed by atoms with E-state index in [0.717, 1.165) is 31.4 Å². The summed E-state index contributed by atoms with van der Waals surface area (Å²) in [5, 5.41) is 3.32. The zero-order valence-corrected chi connectivity index (χ0v) is 11.8. The molecule has 0 saturated heterocycles. The van der Waals surface area contributed by atoms with Crippen LogP contribution in [0.5, 0.6) is 5.88 Å². The molecule has 0 bridgehead atoms. The summed E-state index contributed by atoms with van der Waals surface area (Å²) in [6.45, 7) is -1.33. The molecule has 1 saturated carbocycles. The Hall–Kier alpha value is -1.50. The van der Waals surface area contributed by atoms with Crippen LogP contribution >= 0.6 is 0 Å². The molecule has 1 fully saturated rings. The fourth-order valence-corrected chi connectivity index (χ4v) is 2.43. The third-order valence-corrected chi connectivity index (χ3v) is 3.45. The molecule has 7 heteroatoms. The van der Waals surface area contributed by atoms with E-state index in [1.165, 1.54) is 12.3 Å². The third kappa shape index (κ3) is 5.41. The van der Waals surface area contributed by atoms with Crippen molar-refractivity contribution in [1.29, 1.82) is 0 Å². The Balaban J connectivity index is 1.84. The minimum atomic E-state index is -4.35. The van der Waals surface area contributed by atoms with E-state index in [1.54, 1.807) is 13.2 Å². The molecule has 0 spiro atoms. The number of rotatable bonds is 5. The van der Waals surface area contributed by atoms with Gasteiger partial charge in [-0.25, -0.2) is 4.98 Å². The molecule has 0 aromatic carbocycles. The fourth-order valence-electron chi connectivity index (χ4n) is 2.43. The lowest BCUT2D eigenvalue weighted by Crippen LogP contribution is -2.31. The lowest BCUT2D eigenvalue weighted by Gasteiger charge is -2.29. The van der Waals surface area contributed by atoms with Crippen LogP contribution in [0.3, 0.4) is 0 Å². The number of aromatic nitrogens is 1. The van der Waals surface area contributed by atoms with Crippen LogP contribution in [0.1, 0.15) is 25.7 Å². The van der Waals surface area contributed by atoms with Crippen LogP contribution in [0.4, 0.5) is 18.9 Å². The van der Waals surface area contributed by atoms with Crippen molar-refractivity contribution in [3.63, 3.8) is 0 Å². The predicted molar refractivity (Wildman–Crippen MR) is 72.5 cm³/mol. The highest BCUT2D eigenvalue weighted by Crippen LogP contribution is 2.24. The van der Waals surface area contributed by atoms with Crippen molar-refractivity contribution < 1.29 is 22.6 Å². The SMILES string of the molecule is COC1CCCC(Nc2ccc(OCC(F)(F)F)nc2)C1. The number of nitrogens with one attached hydrogen (secondary N) is 1. The Labute approximate surface area is 121 Å². The lowest BCUT2D eigenvalue weighted by molar-refractivity contribution is -0.154. The lowest BCUT2D eigenvalue weighted by atomic mass is 9.93. The molecule has 1 N–H and O–H groups in total. The topological polar surface area (TPSA) is 43.4 Å². The molecule has 0 amide bonds. The molecule has 2 rings (SSSR count). The molecule has 1 aromatic heterocycles. The van der Waals surface area contributed by atoms with Crippen molar-refractivity contribution in [3.05, 3.63) is 18.3 Å². The summed E-state index contributed by atoms with van der Waals surface area (Å²) < 4.78 is 46.0. The number of nitrogens with zero attached hydrogens (tertiary/aromatic N) is 1. The second-order valence-corrected chi connectivity index (χ2v) is 5.15. The van der Waals surface area contributed by atoms with Crippen LogP contribution in [0.25, 0.3) is 0 Å². The predicted octanol–water partition coefficient (Wildman–Crippen LogP) is 3.39. The summed E-state index contributed by atoms with van der Waals surface area (Å²) in [6, 6.07) is 3.41. The second-order valence-electron chi connectivity index (χ2n) is 5.15. The molecule has 1 aromatic rings. The number of hydrogen-bond acceptors (Lipinski definition) is 4. The van der Waals surface area contributed by atoms with Gasteiger partial charge in [-0.15, -0.1) is 0 Å². The molecule has 21 heavy (non-hydrogen) atoms. The number of hydrogen-bond donors (Lipinski definition) is 1. The smallest absolute Gasteiger partial charge is 0.422 e. The Morgan fingerprint density at radius 1 is 1.33 bits per heavy atom. The molecule has 2 atom stereocenters. The van der Waals surface area contributed by atoms with Gasteiger partial charge in [-0.3, -0.25) is 0 Å². The third-order valence-electron chi connectivity index (χ3n) is 3.45. The molecule has 1 aliphatic rings. The van der Waals surface area contributed by atoms with Crippen molar-refractivity contribution >= 4 is 5.69 Å². The van der Waals surface area contributed by atoms with Crippen molar-refractivity contribution in [2.45, 2.75) is 44.0 Å². The highest BCUT2D eigenvalue weighted by Gasteiger charge is 2.28. The van der Waals surface area contributed by atoms with Gasteiger partial charge in [0, 0.05) is 19.2 Å². The average molecular weight is 304 g/mol. The molecule has 2 unspecified atom stereocenters. The van der Waals surface area contributed by atoms with Gasteiger partial charge in [0.05, 0.1) is 18.0 Å². The zero-order chi connectivity index (χ0) is 15.3. The van der Waals surface area contributed by atoms with Crippen molar-refractivity contribution in [1.82, 2.24) is 4.98 Å². The van der Waals surface area contributed by atoms with E-state index in [9.17, 15) is 13.2 Å². The van der Waals surface area contributed by atoms with Gasteiger partial charge in [0.2, 0.25) is 5.88 Å². The van der Waals surface area contributed by atoms with Gasteiger partial charge in [-0.2, -0.15) is 13.2 Å². The molecule has 118 valence electrons. The number of anilines is 1. The Morgan fingerprint density at radius 2 is 2.14 bits per heavy atom. The largest absolute Gasteiger partial charge is 0.468 e. The van der Waals surface area contributed by atoms with Crippen LogP contribution in [0, 0.1) is 0 Å². The van der Waals surface area contributed by atoms with Gasteiger partial charge in [-0.05, 0) is 31.7 Å². The minimum Gasteiger partial charge on any atom is -0.468 e. The Kier molecular flexibility index (Phi) is 5.27. The zero-order valence-electron chi connectivity index (χ0n) is 11.8. The first kappa shape index (κ1) is 15.9.